The van der Waals surface area contributed by atoms with E-state index in [4.69, 9.17) is 18.8 Å². The van der Waals surface area contributed by atoms with Gasteiger partial charge in [-0.2, -0.15) is 0 Å². The maximum atomic E-state index is 6.42. The number of benzene rings is 11. The Bertz CT molecular complexity index is 4640. The van der Waals surface area contributed by atoms with Gasteiger partial charge in [0.05, 0.1) is 28.1 Å². The van der Waals surface area contributed by atoms with E-state index in [0.717, 1.165) is 133 Å². The third-order valence-corrected chi connectivity index (χ3v) is 15.8. The average Bonchev–Trinajstić information content (AvgIpc) is 4.41. The lowest BCUT2D eigenvalue weighted by molar-refractivity contribution is 0.591. The van der Waals surface area contributed by atoms with Crippen molar-refractivity contribution in [2.45, 2.75) is 26.2 Å². The van der Waals surface area contributed by atoms with Gasteiger partial charge < -0.3 is 13.4 Å². The zero-order valence-corrected chi connectivity index (χ0v) is 43.9. The van der Waals surface area contributed by atoms with Crippen molar-refractivity contribution in [2.24, 2.45) is 0 Å². The van der Waals surface area contributed by atoms with Crippen LogP contribution in [0.4, 0.5) is 0 Å². The second-order valence-electron chi connectivity index (χ2n) is 21.7. The highest BCUT2D eigenvalue weighted by atomic mass is 16.3. The van der Waals surface area contributed by atoms with Crippen LogP contribution in [0.15, 0.2) is 264 Å². The molecule has 15 aromatic rings. The topological polar surface area (TPSA) is 57.0 Å². The minimum absolute atomic E-state index is 0.0647. The van der Waals surface area contributed by atoms with Crippen LogP contribution in [0.3, 0.4) is 0 Å². The van der Waals surface area contributed by atoms with Crippen LogP contribution < -0.4 is 0 Å². The van der Waals surface area contributed by atoms with E-state index >= 15 is 0 Å². The van der Waals surface area contributed by atoms with Crippen molar-refractivity contribution < 1.29 is 8.83 Å². The minimum atomic E-state index is -0.0647. The van der Waals surface area contributed by atoms with E-state index in [9.17, 15) is 0 Å². The molecule has 0 saturated carbocycles. The molecule has 0 radical (unpaired) electrons. The van der Waals surface area contributed by atoms with Crippen molar-refractivity contribution >= 4 is 65.7 Å². The molecule has 0 aliphatic heterocycles. The predicted octanol–water partition coefficient (Wildman–Crippen LogP) is 20.3. The fraction of sp³-hybridized carbons (Fsp3) is 0.0541. The van der Waals surface area contributed by atoms with Gasteiger partial charge in [-0.15, -0.1) is 0 Å². The number of rotatable bonds is 8. The Morgan fingerprint density at radius 2 is 0.759 bits per heavy atom. The summed E-state index contributed by atoms with van der Waals surface area (Å²) in [5.74, 6) is 0.656. The van der Waals surface area contributed by atoms with Gasteiger partial charge in [0.25, 0.3) is 0 Å². The molecule has 5 heteroatoms. The zero-order chi connectivity index (χ0) is 52.8. The lowest BCUT2D eigenvalue weighted by Gasteiger charge is -2.24. The summed E-state index contributed by atoms with van der Waals surface area (Å²) < 4.78 is 15.4. The van der Waals surface area contributed by atoms with E-state index in [2.05, 4.69) is 244 Å². The van der Waals surface area contributed by atoms with E-state index in [1.165, 1.54) is 16.3 Å². The standard InChI is InChI=1S/C74H51N3O2/c1-74(2,3)51-36-37-67-59(44-51)56-28-14-17-31-66(56)77(67)72-62(54-26-12-10-24-52(54)48-34-38-70-60(40-48)57-29-15-18-32-68(57)78-70)42-50(65-45-64(46-20-6-4-7-21-46)75-73(76-65)47-22-8-5-9-23-47)43-63(72)55-27-13-11-25-53(55)49-35-39-71-61(41-49)58-30-16-19-33-69(58)79-71/h4-45H,1-3H3. The highest BCUT2D eigenvalue weighted by molar-refractivity contribution is 6.13. The molecule has 15 rings (SSSR count). The molecule has 0 unspecified atom stereocenters. The maximum Gasteiger partial charge on any atom is 0.160 e. The molecule has 374 valence electrons. The highest BCUT2D eigenvalue weighted by Gasteiger charge is 2.27. The molecular weight excluding hydrogens is 963 g/mol. The van der Waals surface area contributed by atoms with Gasteiger partial charge in [-0.3, -0.25) is 0 Å². The summed E-state index contributed by atoms with van der Waals surface area (Å²) in [6.07, 6.45) is 0. The van der Waals surface area contributed by atoms with Gasteiger partial charge in [0.1, 0.15) is 22.3 Å². The van der Waals surface area contributed by atoms with Gasteiger partial charge in [-0.05, 0) is 117 Å². The summed E-state index contributed by atoms with van der Waals surface area (Å²) in [5.41, 5.74) is 21.2. The Balaban J connectivity index is 1.09. The molecule has 79 heavy (non-hydrogen) atoms. The molecule has 0 aliphatic rings. The van der Waals surface area contributed by atoms with Crippen molar-refractivity contribution in [3.63, 3.8) is 0 Å². The van der Waals surface area contributed by atoms with Crippen LogP contribution >= 0.6 is 0 Å². The minimum Gasteiger partial charge on any atom is -0.456 e. The lowest BCUT2D eigenvalue weighted by Crippen LogP contribution is -2.10. The van der Waals surface area contributed by atoms with Crippen LogP contribution in [0.2, 0.25) is 0 Å². The van der Waals surface area contributed by atoms with Crippen LogP contribution in [0, 0.1) is 0 Å². The van der Waals surface area contributed by atoms with E-state index in [-0.39, 0.29) is 5.41 Å². The van der Waals surface area contributed by atoms with Gasteiger partial charge in [0.15, 0.2) is 5.82 Å². The largest absolute Gasteiger partial charge is 0.456 e. The average molecular weight is 1010 g/mol. The monoisotopic (exact) mass is 1010 g/mol. The van der Waals surface area contributed by atoms with Crippen LogP contribution in [-0.2, 0) is 5.41 Å². The Morgan fingerprint density at radius 1 is 0.304 bits per heavy atom. The van der Waals surface area contributed by atoms with Crippen molar-refractivity contribution in [2.75, 3.05) is 0 Å². The van der Waals surface area contributed by atoms with Crippen molar-refractivity contribution in [3.8, 4) is 84.1 Å². The van der Waals surface area contributed by atoms with Gasteiger partial charge in [0.2, 0.25) is 0 Å². The normalized spacial score (nSPS) is 12.0. The molecule has 0 amide bonds. The first-order valence-electron chi connectivity index (χ1n) is 27.0. The number of aromatic nitrogens is 3. The van der Waals surface area contributed by atoms with Gasteiger partial charge in [0, 0.05) is 60.1 Å². The number of fused-ring (bicyclic) bond motifs is 9. The summed E-state index contributed by atoms with van der Waals surface area (Å²) in [6.45, 7) is 6.88. The fourth-order valence-corrected chi connectivity index (χ4v) is 11.9. The molecule has 4 heterocycles. The molecule has 0 fully saturated rings. The Morgan fingerprint density at radius 3 is 1.33 bits per heavy atom. The van der Waals surface area contributed by atoms with E-state index < -0.39 is 0 Å². The van der Waals surface area contributed by atoms with Crippen LogP contribution in [-0.4, -0.2) is 14.5 Å². The second kappa shape index (κ2) is 18.3. The fourth-order valence-electron chi connectivity index (χ4n) is 11.9. The number of nitrogens with zero attached hydrogens (tertiary/aromatic N) is 3. The lowest BCUT2D eigenvalue weighted by atomic mass is 9.85. The molecule has 0 aliphatic carbocycles. The number of hydrogen-bond donors (Lipinski definition) is 0. The smallest absolute Gasteiger partial charge is 0.160 e. The van der Waals surface area contributed by atoms with Gasteiger partial charge >= 0.3 is 0 Å². The Labute approximate surface area is 457 Å². The van der Waals surface area contributed by atoms with Crippen LogP contribution in [0.5, 0.6) is 0 Å². The van der Waals surface area contributed by atoms with Crippen molar-refractivity contribution in [1.29, 1.82) is 0 Å². The summed E-state index contributed by atoms with van der Waals surface area (Å²) >= 11 is 0. The summed E-state index contributed by atoms with van der Waals surface area (Å²) in [7, 11) is 0. The molecule has 0 bridgehead atoms. The van der Waals surface area contributed by atoms with Crippen molar-refractivity contribution in [3.05, 3.63) is 260 Å². The Kier molecular flexibility index (Phi) is 10.7. The number of furan rings is 2. The third-order valence-electron chi connectivity index (χ3n) is 15.8. The van der Waals surface area contributed by atoms with Gasteiger partial charge in [-0.1, -0.05) is 203 Å². The molecule has 0 atom stereocenters. The number of hydrogen-bond acceptors (Lipinski definition) is 4. The quantitative estimate of drug-likeness (QED) is 0.152. The van der Waals surface area contributed by atoms with Gasteiger partial charge in [-0.25, -0.2) is 9.97 Å². The summed E-state index contributed by atoms with van der Waals surface area (Å²) in [4.78, 5) is 10.8. The maximum absolute atomic E-state index is 6.42. The van der Waals surface area contributed by atoms with Crippen LogP contribution in [0.25, 0.3) is 150 Å². The third kappa shape index (κ3) is 7.84. The van der Waals surface area contributed by atoms with E-state index in [1.807, 2.05) is 36.4 Å². The SMILES string of the molecule is CC(C)(C)c1ccc2c(c1)c1ccccc1n2-c1c(-c2ccccc2-c2ccc3oc4ccccc4c3c2)cc(-c2cc(-c3ccccc3)nc(-c3ccccc3)n2)cc1-c1ccccc1-c1ccc2oc3ccccc3c2c1. The van der Waals surface area contributed by atoms with E-state index in [0.29, 0.717) is 5.82 Å². The van der Waals surface area contributed by atoms with Crippen LogP contribution in [0.1, 0.15) is 26.3 Å². The second-order valence-corrected chi connectivity index (χ2v) is 21.7. The predicted molar refractivity (Wildman–Crippen MR) is 328 cm³/mol. The zero-order valence-electron chi connectivity index (χ0n) is 43.9. The molecule has 11 aromatic carbocycles. The van der Waals surface area contributed by atoms with E-state index in [1.54, 1.807) is 0 Å². The summed E-state index contributed by atoms with van der Waals surface area (Å²) in [6, 6.07) is 91.3. The summed E-state index contributed by atoms with van der Waals surface area (Å²) in [5, 5.41) is 6.73. The number of para-hydroxylation sites is 3. The molecule has 0 N–H and O–H groups in total. The molecular formula is C74H51N3O2. The molecule has 0 spiro atoms. The van der Waals surface area contributed by atoms with Crippen molar-refractivity contribution in [1.82, 2.24) is 14.5 Å². The Hall–Kier alpha value is -10.1. The highest BCUT2D eigenvalue weighted by Crippen LogP contribution is 2.49. The first-order chi connectivity index (χ1) is 38.8. The first kappa shape index (κ1) is 46.2. The molecule has 0 saturated heterocycles. The molecule has 4 aromatic heterocycles. The first-order valence-corrected chi connectivity index (χ1v) is 27.0. The molecule has 5 nitrogen and oxygen atoms in total.